The van der Waals surface area contributed by atoms with Crippen molar-refractivity contribution in [3.05, 3.63) is 386 Å². The Kier molecular flexibility index (Phi) is 13.3. The molecule has 1 unspecified atom stereocenters. The van der Waals surface area contributed by atoms with Gasteiger partial charge in [0.05, 0.1) is 0 Å². The van der Waals surface area contributed by atoms with E-state index in [1.807, 2.05) is 0 Å². The first-order chi connectivity index (χ1) is 55.2. The van der Waals surface area contributed by atoms with Gasteiger partial charge in [-0.2, -0.15) is 0 Å². The van der Waals surface area contributed by atoms with Gasteiger partial charge in [-0.15, -0.1) is 0 Å². The molecule has 2 heterocycles. The third kappa shape index (κ3) is 8.98. The standard InChI is InChI=1S/C110H70O2/c1-109(2)93-52-48-68(59-91(93)107-95(109)54-47-65-51-56-99-108(103(65)107)88-40-15-17-46-98(88)111-99)66-25-18-27-71(57-66)102-82-34-8-12-38-86(82)105(87-39-13-9-35-83(87)102)79-44-22-41-75-73(29-21-42-76(75)79)63-110(3)94-53-49-69(60-92(94)106-89-62-100-90(61-70(89)50-55-96(106)110)77-31-14-16-45-97(77)112-100)67-26-19-28-72(58-67)101-80-32-6-10-36-84(80)104(85-37-11-7-33-81(85)101)78-43-20-24-64-23-4-5-30-74(64)78/h4-62H,63H2,1-3H3. The van der Waals surface area contributed by atoms with Gasteiger partial charge in [-0.1, -0.05) is 324 Å². The number of benzene rings is 20. The lowest BCUT2D eigenvalue weighted by molar-refractivity contribution is 0.585. The Morgan fingerprint density at radius 2 is 0.643 bits per heavy atom. The highest BCUT2D eigenvalue weighted by Crippen LogP contribution is 2.58. The zero-order valence-corrected chi connectivity index (χ0v) is 62.1. The molecule has 2 heteroatoms. The first-order valence-corrected chi connectivity index (χ1v) is 39.3. The molecule has 0 aliphatic heterocycles. The summed E-state index contributed by atoms with van der Waals surface area (Å²) in [6.07, 6.45) is 0.781. The Bertz CT molecular complexity index is 7790. The quantitative estimate of drug-likeness (QED) is 0.142. The van der Waals surface area contributed by atoms with Crippen LogP contribution in [0, 0.1) is 0 Å². The van der Waals surface area contributed by atoms with Gasteiger partial charge in [0.15, 0.2) is 0 Å². The zero-order chi connectivity index (χ0) is 73.8. The molecule has 0 saturated carbocycles. The van der Waals surface area contributed by atoms with Crippen LogP contribution in [0.2, 0.25) is 0 Å². The van der Waals surface area contributed by atoms with Gasteiger partial charge in [0.1, 0.15) is 22.3 Å². The van der Waals surface area contributed by atoms with E-state index in [4.69, 9.17) is 8.83 Å². The molecule has 2 aliphatic rings. The van der Waals surface area contributed by atoms with Crippen LogP contribution in [0.4, 0.5) is 0 Å². The van der Waals surface area contributed by atoms with E-state index in [1.165, 1.54) is 208 Å². The molecule has 2 aromatic heterocycles. The summed E-state index contributed by atoms with van der Waals surface area (Å²) in [5.74, 6) is 0. The SMILES string of the molecule is CC1(C)c2ccc(-c3cccc(-c4c5ccccc5c(-c5cccc6c(CC7(C)c8ccc(-c9cccc(-c%10c%11ccccc%11c(-c%11cccc%12ccccc%11%12)c%11ccccc%10%11)c9)cc8-c8c7ccc7cc9c(cc87)oc7ccccc79)cccc56)c5ccccc45)c3)cc2-c2c1ccc1ccc3oc4ccccc4c3c21. The lowest BCUT2D eigenvalue weighted by Gasteiger charge is -2.29. The van der Waals surface area contributed by atoms with Crippen LogP contribution >= 0.6 is 0 Å². The van der Waals surface area contributed by atoms with Crippen LogP contribution in [-0.2, 0) is 17.3 Å². The van der Waals surface area contributed by atoms with Crippen molar-refractivity contribution in [1.29, 1.82) is 0 Å². The molecule has 112 heavy (non-hydrogen) atoms. The van der Waals surface area contributed by atoms with Crippen LogP contribution in [0.25, 0.3) is 219 Å². The fourth-order valence-electron chi connectivity index (χ4n) is 20.8. The minimum atomic E-state index is -0.427. The number of fused-ring (bicyclic) bond motifs is 23. The molecule has 0 amide bonds. The minimum Gasteiger partial charge on any atom is -0.456 e. The molecular weight excluding hydrogens is 1350 g/mol. The van der Waals surface area contributed by atoms with Crippen molar-refractivity contribution in [3.63, 3.8) is 0 Å². The van der Waals surface area contributed by atoms with Crippen molar-refractivity contribution in [2.24, 2.45) is 0 Å². The predicted molar refractivity (Wildman–Crippen MR) is 473 cm³/mol. The Labute approximate surface area is 647 Å². The van der Waals surface area contributed by atoms with Crippen LogP contribution in [0.1, 0.15) is 48.6 Å². The normalized spacial score (nSPS) is 14.3. The number of hydrogen-bond acceptors (Lipinski definition) is 2. The van der Waals surface area contributed by atoms with E-state index in [-0.39, 0.29) is 5.41 Å². The van der Waals surface area contributed by atoms with Crippen LogP contribution < -0.4 is 0 Å². The molecule has 1 atom stereocenters. The fourth-order valence-corrected chi connectivity index (χ4v) is 20.8. The van der Waals surface area contributed by atoms with Crippen molar-refractivity contribution >= 4 is 130 Å². The first kappa shape index (κ1) is 63.1. The van der Waals surface area contributed by atoms with Crippen LogP contribution in [0.3, 0.4) is 0 Å². The van der Waals surface area contributed by atoms with E-state index in [9.17, 15) is 0 Å². The summed E-state index contributed by atoms with van der Waals surface area (Å²) in [5.41, 5.74) is 29.5. The molecule has 24 rings (SSSR count). The lowest BCUT2D eigenvalue weighted by atomic mass is 9.74. The van der Waals surface area contributed by atoms with Gasteiger partial charge in [0.25, 0.3) is 0 Å². The Morgan fingerprint density at radius 3 is 1.29 bits per heavy atom. The van der Waals surface area contributed by atoms with Crippen LogP contribution in [0.15, 0.2) is 367 Å². The Hall–Kier alpha value is -13.9. The third-order valence-electron chi connectivity index (χ3n) is 25.9. The molecule has 20 aromatic carbocycles. The van der Waals surface area contributed by atoms with E-state index in [1.54, 1.807) is 0 Å². The number of para-hydroxylation sites is 2. The molecule has 0 N–H and O–H groups in total. The number of hydrogen-bond donors (Lipinski definition) is 0. The molecule has 0 saturated heterocycles. The van der Waals surface area contributed by atoms with Crippen molar-refractivity contribution in [2.45, 2.75) is 38.0 Å². The van der Waals surface area contributed by atoms with E-state index in [0.29, 0.717) is 0 Å². The van der Waals surface area contributed by atoms with Crippen molar-refractivity contribution in [1.82, 2.24) is 0 Å². The molecule has 0 radical (unpaired) electrons. The topological polar surface area (TPSA) is 26.3 Å². The molecule has 0 spiro atoms. The average Bonchev–Trinajstić information content (AvgIpc) is 1.53. The summed E-state index contributed by atoms with van der Waals surface area (Å²) in [5, 5.41) is 24.4. The average molecular weight is 1420 g/mol. The second-order valence-electron chi connectivity index (χ2n) is 32.1. The minimum absolute atomic E-state index is 0.189. The van der Waals surface area contributed by atoms with Crippen molar-refractivity contribution in [3.8, 4) is 89.0 Å². The van der Waals surface area contributed by atoms with Gasteiger partial charge < -0.3 is 8.83 Å². The van der Waals surface area contributed by atoms with Gasteiger partial charge in [-0.05, 0) is 259 Å². The van der Waals surface area contributed by atoms with Gasteiger partial charge in [0.2, 0.25) is 0 Å². The second-order valence-corrected chi connectivity index (χ2v) is 32.1. The lowest BCUT2D eigenvalue weighted by Crippen LogP contribution is -2.24. The largest absolute Gasteiger partial charge is 0.456 e. The van der Waals surface area contributed by atoms with E-state index in [2.05, 4.69) is 379 Å². The maximum atomic E-state index is 6.77. The Morgan fingerprint density at radius 1 is 0.205 bits per heavy atom. The summed E-state index contributed by atoms with van der Waals surface area (Å²) in [7, 11) is 0. The maximum Gasteiger partial charge on any atom is 0.136 e. The molecule has 22 aromatic rings. The molecule has 0 fully saturated rings. The molecular formula is C110H70O2. The molecule has 2 aliphatic carbocycles. The maximum absolute atomic E-state index is 6.77. The smallest absolute Gasteiger partial charge is 0.136 e. The highest BCUT2D eigenvalue weighted by molar-refractivity contribution is 6.27. The summed E-state index contributed by atoms with van der Waals surface area (Å²) in [4.78, 5) is 0. The predicted octanol–water partition coefficient (Wildman–Crippen LogP) is 30.5. The van der Waals surface area contributed by atoms with Gasteiger partial charge in [0, 0.05) is 37.8 Å². The van der Waals surface area contributed by atoms with Gasteiger partial charge >= 0.3 is 0 Å². The van der Waals surface area contributed by atoms with Gasteiger partial charge in [-0.25, -0.2) is 0 Å². The van der Waals surface area contributed by atoms with Crippen LogP contribution in [-0.4, -0.2) is 0 Å². The second kappa shape index (κ2) is 23.5. The monoisotopic (exact) mass is 1420 g/mol. The van der Waals surface area contributed by atoms with E-state index < -0.39 is 5.41 Å². The van der Waals surface area contributed by atoms with Crippen LogP contribution in [0.5, 0.6) is 0 Å². The summed E-state index contributed by atoms with van der Waals surface area (Å²) in [6.45, 7) is 7.27. The summed E-state index contributed by atoms with van der Waals surface area (Å²) in [6, 6.07) is 135. The van der Waals surface area contributed by atoms with Crippen molar-refractivity contribution < 1.29 is 8.83 Å². The summed E-state index contributed by atoms with van der Waals surface area (Å²) < 4.78 is 13.3. The van der Waals surface area contributed by atoms with E-state index in [0.717, 1.165) is 44.9 Å². The van der Waals surface area contributed by atoms with Crippen molar-refractivity contribution in [2.75, 3.05) is 0 Å². The Balaban J connectivity index is 0.635. The summed E-state index contributed by atoms with van der Waals surface area (Å²) >= 11 is 0. The third-order valence-corrected chi connectivity index (χ3v) is 25.9. The van der Waals surface area contributed by atoms with Gasteiger partial charge in [-0.3, -0.25) is 0 Å². The zero-order valence-electron chi connectivity index (χ0n) is 62.1. The van der Waals surface area contributed by atoms with E-state index >= 15 is 0 Å². The highest BCUT2D eigenvalue weighted by atomic mass is 16.3. The molecule has 2 nitrogen and oxygen atoms in total. The number of furan rings is 2. The highest BCUT2D eigenvalue weighted by Gasteiger charge is 2.42. The first-order valence-electron chi connectivity index (χ1n) is 39.3. The fraction of sp³-hybridized carbons (Fsp3) is 0.0545. The molecule has 0 bridgehead atoms. The number of rotatable bonds is 8. The molecule has 522 valence electrons.